The lowest BCUT2D eigenvalue weighted by Crippen LogP contribution is -1.95. The Labute approximate surface area is 97.8 Å². The molecule has 5 heteroatoms. The van der Waals surface area contributed by atoms with Crippen LogP contribution in [0.3, 0.4) is 0 Å². The number of nitrogens with zero attached hydrogens (tertiary/aromatic N) is 1. The Morgan fingerprint density at radius 2 is 2.12 bits per heavy atom. The molecule has 0 atom stereocenters. The molecular formula is C11H12N2O2S. The molecule has 2 N–H and O–H groups in total. The number of aromatic nitrogens is 1. The average molecular weight is 236 g/mol. The predicted molar refractivity (Wildman–Crippen MR) is 62.7 cm³/mol. The van der Waals surface area contributed by atoms with Gasteiger partial charge < -0.3 is 14.9 Å². The molecule has 2 rings (SSSR count). The van der Waals surface area contributed by atoms with Crippen molar-refractivity contribution in [2.45, 2.75) is 11.4 Å². The zero-order valence-electron chi connectivity index (χ0n) is 8.84. The van der Waals surface area contributed by atoms with Gasteiger partial charge in [0.25, 0.3) is 0 Å². The van der Waals surface area contributed by atoms with Gasteiger partial charge in [-0.1, -0.05) is 0 Å². The Balaban J connectivity index is 2.08. The first-order valence-corrected chi connectivity index (χ1v) is 6.00. The van der Waals surface area contributed by atoms with E-state index in [2.05, 4.69) is 4.98 Å². The molecule has 84 valence electrons. The summed E-state index contributed by atoms with van der Waals surface area (Å²) in [6.07, 6.45) is 3.74. The molecule has 0 aliphatic rings. The van der Waals surface area contributed by atoms with Crippen LogP contribution in [0.5, 0.6) is 11.8 Å². The van der Waals surface area contributed by atoms with Gasteiger partial charge in [0, 0.05) is 11.4 Å². The zero-order chi connectivity index (χ0) is 11.4. The van der Waals surface area contributed by atoms with E-state index in [0.29, 0.717) is 18.0 Å². The number of ether oxygens (including phenoxy) is 1. The standard InChI is InChI=1S/C11H12N2O2S/c1-16-10-4-2-9(3-5-10)15-11-13-8(6-12)7-14-11/h2-5,7H,6,12H2,1H3. The van der Waals surface area contributed by atoms with E-state index in [9.17, 15) is 0 Å². The topological polar surface area (TPSA) is 61.3 Å². The van der Waals surface area contributed by atoms with Crippen LogP contribution in [-0.2, 0) is 6.54 Å². The highest BCUT2D eigenvalue weighted by atomic mass is 32.2. The lowest BCUT2D eigenvalue weighted by molar-refractivity contribution is 0.330. The van der Waals surface area contributed by atoms with Gasteiger partial charge in [0.1, 0.15) is 12.0 Å². The molecule has 4 nitrogen and oxygen atoms in total. The van der Waals surface area contributed by atoms with E-state index in [1.54, 1.807) is 11.8 Å². The lowest BCUT2D eigenvalue weighted by Gasteiger charge is -2.01. The molecule has 0 saturated heterocycles. The van der Waals surface area contributed by atoms with Crippen LogP contribution in [0, 0.1) is 0 Å². The minimum absolute atomic E-state index is 0.220. The maximum absolute atomic E-state index is 5.42. The van der Waals surface area contributed by atoms with Crippen LogP contribution >= 0.6 is 11.8 Å². The number of benzene rings is 1. The van der Waals surface area contributed by atoms with Gasteiger partial charge in [0.05, 0.1) is 5.69 Å². The third-order valence-electron chi connectivity index (χ3n) is 2.00. The van der Waals surface area contributed by atoms with Crippen LogP contribution in [0.2, 0.25) is 0 Å². The van der Waals surface area contributed by atoms with E-state index in [4.69, 9.17) is 14.9 Å². The molecule has 0 fully saturated rings. The summed E-state index contributed by atoms with van der Waals surface area (Å²) in [5, 5.41) is 0. The van der Waals surface area contributed by atoms with E-state index in [1.165, 1.54) is 11.2 Å². The molecule has 0 radical (unpaired) electrons. The van der Waals surface area contributed by atoms with E-state index in [1.807, 2.05) is 30.5 Å². The molecule has 0 aliphatic heterocycles. The number of hydrogen-bond acceptors (Lipinski definition) is 5. The minimum atomic E-state index is 0.220. The summed E-state index contributed by atoms with van der Waals surface area (Å²) in [6, 6.07) is 7.70. The fourth-order valence-corrected chi connectivity index (χ4v) is 1.58. The summed E-state index contributed by atoms with van der Waals surface area (Å²) in [5.74, 6) is 0.697. The maximum atomic E-state index is 5.42. The van der Waals surface area contributed by atoms with E-state index in [-0.39, 0.29) is 6.08 Å². The smallest absolute Gasteiger partial charge is 0.399 e. The number of hydrogen-bond donors (Lipinski definition) is 1. The molecule has 1 heterocycles. The maximum Gasteiger partial charge on any atom is 0.399 e. The molecule has 0 spiro atoms. The van der Waals surface area contributed by atoms with Crippen LogP contribution in [0.15, 0.2) is 39.8 Å². The number of rotatable bonds is 4. The molecule has 1 aromatic carbocycles. The summed E-state index contributed by atoms with van der Waals surface area (Å²) >= 11 is 1.68. The Kier molecular flexibility index (Phi) is 3.48. The van der Waals surface area contributed by atoms with Crippen molar-refractivity contribution in [3.8, 4) is 11.8 Å². The van der Waals surface area contributed by atoms with Gasteiger partial charge in [0.2, 0.25) is 0 Å². The minimum Gasteiger partial charge on any atom is -0.417 e. The average Bonchev–Trinajstić information content (AvgIpc) is 2.78. The number of thioether (sulfide) groups is 1. The van der Waals surface area contributed by atoms with E-state index < -0.39 is 0 Å². The fourth-order valence-electron chi connectivity index (χ4n) is 1.17. The quantitative estimate of drug-likeness (QED) is 0.827. The van der Waals surface area contributed by atoms with Crippen molar-refractivity contribution in [3.63, 3.8) is 0 Å². The van der Waals surface area contributed by atoms with Crippen molar-refractivity contribution in [3.05, 3.63) is 36.2 Å². The summed E-state index contributed by atoms with van der Waals surface area (Å²) < 4.78 is 10.5. The van der Waals surface area contributed by atoms with Crippen molar-refractivity contribution < 1.29 is 9.15 Å². The van der Waals surface area contributed by atoms with Gasteiger partial charge in [0.15, 0.2) is 0 Å². The second kappa shape index (κ2) is 5.05. The number of nitrogens with two attached hydrogens (primary N) is 1. The number of oxazole rings is 1. The third kappa shape index (κ3) is 2.56. The molecule has 0 unspecified atom stereocenters. The lowest BCUT2D eigenvalue weighted by atomic mass is 10.3. The normalized spacial score (nSPS) is 10.4. The molecule has 0 saturated carbocycles. The highest BCUT2D eigenvalue weighted by Gasteiger charge is 2.04. The van der Waals surface area contributed by atoms with E-state index in [0.717, 1.165) is 0 Å². The molecule has 2 aromatic rings. The Hall–Kier alpha value is -1.46. The second-order valence-electron chi connectivity index (χ2n) is 3.09. The van der Waals surface area contributed by atoms with Gasteiger partial charge in [-0.05, 0) is 30.5 Å². The fraction of sp³-hybridized carbons (Fsp3) is 0.182. The van der Waals surface area contributed by atoms with Crippen molar-refractivity contribution in [2.75, 3.05) is 6.26 Å². The first-order valence-electron chi connectivity index (χ1n) is 4.78. The van der Waals surface area contributed by atoms with Crippen molar-refractivity contribution >= 4 is 11.8 Å². The predicted octanol–water partition coefficient (Wildman–Crippen LogP) is 2.65. The molecule has 1 aromatic heterocycles. The Morgan fingerprint density at radius 3 is 2.69 bits per heavy atom. The molecule has 0 amide bonds. The SMILES string of the molecule is CSc1ccc(Oc2nc(CN)co2)cc1. The van der Waals surface area contributed by atoms with Gasteiger partial charge in [-0.15, -0.1) is 11.8 Å². The molecule has 16 heavy (non-hydrogen) atoms. The second-order valence-corrected chi connectivity index (χ2v) is 3.97. The Morgan fingerprint density at radius 1 is 1.38 bits per heavy atom. The van der Waals surface area contributed by atoms with Crippen LogP contribution in [0.4, 0.5) is 0 Å². The van der Waals surface area contributed by atoms with Crippen LogP contribution in [-0.4, -0.2) is 11.2 Å². The zero-order valence-corrected chi connectivity index (χ0v) is 9.66. The van der Waals surface area contributed by atoms with Crippen LogP contribution in [0.25, 0.3) is 0 Å². The van der Waals surface area contributed by atoms with Gasteiger partial charge >= 0.3 is 6.08 Å². The van der Waals surface area contributed by atoms with Gasteiger partial charge in [-0.3, -0.25) is 0 Å². The molecule has 0 aliphatic carbocycles. The summed E-state index contributed by atoms with van der Waals surface area (Å²) in [7, 11) is 0. The molecule has 0 bridgehead atoms. The van der Waals surface area contributed by atoms with Crippen LogP contribution in [0.1, 0.15) is 5.69 Å². The summed E-state index contributed by atoms with van der Waals surface area (Å²) in [4.78, 5) is 5.23. The van der Waals surface area contributed by atoms with Gasteiger partial charge in [-0.2, -0.15) is 4.98 Å². The third-order valence-corrected chi connectivity index (χ3v) is 2.75. The largest absolute Gasteiger partial charge is 0.417 e. The first-order chi connectivity index (χ1) is 7.81. The Bertz CT molecular complexity index is 453. The summed E-state index contributed by atoms with van der Waals surface area (Å²) in [6.45, 7) is 0.346. The van der Waals surface area contributed by atoms with Crippen molar-refractivity contribution in [1.29, 1.82) is 0 Å². The van der Waals surface area contributed by atoms with E-state index >= 15 is 0 Å². The highest BCUT2D eigenvalue weighted by Crippen LogP contribution is 2.23. The first kappa shape index (κ1) is 11.0. The monoisotopic (exact) mass is 236 g/mol. The molecular weight excluding hydrogens is 224 g/mol. The highest BCUT2D eigenvalue weighted by molar-refractivity contribution is 7.98. The van der Waals surface area contributed by atoms with Crippen molar-refractivity contribution in [1.82, 2.24) is 4.98 Å². The van der Waals surface area contributed by atoms with Gasteiger partial charge in [-0.25, -0.2) is 0 Å². The summed E-state index contributed by atoms with van der Waals surface area (Å²) in [5.41, 5.74) is 6.09. The van der Waals surface area contributed by atoms with Crippen LogP contribution < -0.4 is 10.5 Å². The van der Waals surface area contributed by atoms with Crippen molar-refractivity contribution in [2.24, 2.45) is 5.73 Å².